The van der Waals surface area contributed by atoms with E-state index >= 15 is 0 Å². The van der Waals surface area contributed by atoms with Crippen LogP contribution in [0.3, 0.4) is 0 Å². The number of methoxy groups -OCH3 is 1. The summed E-state index contributed by atoms with van der Waals surface area (Å²) in [7, 11) is 5.98. The van der Waals surface area contributed by atoms with Gasteiger partial charge in [0.1, 0.15) is 5.75 Å². The second kappa shape index (κ2) is 5.52. The summed E-state index contributed by atoms with van der Waals surface area (Å²) in [6.45, 7) is 2.22. The largest absolute Gasteiger partial charge is 0.496 e. The third kappa shape index (κ3) is 2.45. The first-order valence-corrected chi connectivity index (χ1v) is 6.25. The van der Waals surface area contributed by atoms with Gasteiger partial charge < -0.3 is 10.1 Å². The van der Waals surface area contributed by atoms with E-state index in [0.29, 0.717) is 12.0 Å². The summed E-state index contributed by atoms with van der Waals surface area (Å²) in [5, 5.41) is 3.30. The van der Waals surface area contributed by atoms with Crippen molar-refractivity contribution in [2.45, 2.75) is 12.5 Å². The van der Waals surface area contributed by atoms with E-state index in [2.05, 4.69) is 35.5 Å². The summed E-state index contributed by atoms with van der Waals surface area (Å²) in [5.74, 6) is 1.67. The maximum Gasteiger partial charge on any atom is 0.123 e. The Morgan fingerprint density at radius 2 is 2.18 bits per heavy atom. The average molecular weight is 234 g/mol. The molecule has 0 spiro atoms. The molecule has 3 heteroatoms. The van der Waals surface area contributed by atoms with Crippen LogP contribution >= 0.6 is 0 Å². The third-order valence-corrected chi connectivity index (χ3v) is 3.70. The van der Waals surface area contributed by atoms with Gasteiger partial charge in [0.15, 0.2) is 0 Å². The van der Waals surface area contributed by atoms with Crippen molar-refractivity contribution in [3.05, 3.63) is 29.8 Å². The highest BCUT2D eigenvalue weighted by atomic mass is 16.5. The van der Waals surface area contributed by atoms with Crippen LogP contribution in [0.5, 0.6) is 5.75 Å². The molecule has 1 saturated heterocycles. The molecule has 2 unspecified atom stereocenters. The number of likely N-dealkylation sites (tertiary alicyclic amines) is 1. The van der Waals surface area contributed by atoms with E-state index < -0.39 is 0 Å². The van der Waals surface area contributed by atoms with Gasteiger partial charge in [0, 0.05) is 11.6 Å². The molecule has 1 N–H and O–H groups in total. The zero-order valence-electron chi connectivity index (χ0n) is 10.9. The summed E-state index contributed by atoms with van der Waals surface area (Å²) in [6.07, 6.45) is 1.25. The molecule has 1 aliphatic rings. The molecule has 1 aliphatic heterocycles. The van der Waals surface area contributed by atoms with Crippen LogP contribution in [-0.2, 0) is 0 Å². The minimum Gasteiger partial charge on any atom is -0.496 e. The minimum absolute atomic E-state index is 0.471. The Bertz CT molecular complexity index is 365. The number of ether oxygens (including phenoxy) is 1. The molecule has 1 heterocycles. The standard InChI is InChI=1S/C14H22N2O/c1-15-10-11-8-9-16(2)14(11)12-6-4-5-7-13(12)17-3/h4-7,11,14-15H,8-10H2,1-3H3. The number of benzene rings is 1. The Balaban J connectivity index is 2.29. The lowest BCUT2D eigenvalue weighted by Gasteiger charge is -2.26. The molecule has 94 valence electrons. The SMILES string of the molecule is CNCC1CCN(C)C1c1ccccc1OC. The smallest absolute Gasteiger partial charge is 0.123 e. The van der Waals surface area contributed by atoms with E-state index in [4.69, 9.17) is 4.74 Å². The minimum atomic E-state index is 0.471. The van der Waals surface area contributed by atoms with Crippen molar-refractivity contribution in [1.29, 1.82) is 0 Å². The van der Waals surface area contributed by atoms with Crippen molar-refractivity contribution in [2.24, 2.45) is 5.92 Å². The molecule has 17 heavy (non-hydrogen) atoms. The number of nitrogens with zero attached hydrogens (tertiary/aromatic N) is 1. The number of hydrogen-bond donors (Lipinski definition) is 1. The highest BCUT2D eigenvalue weighted by molar-refractivity contribution is 5.36. The predicted molar refractivity (Wildman–Crippen MR) is 70.4 cm³/mol. The van der Waals surface area contributed by atoms with Crippen LogP contribution < -0.4 is 10.1 Å². The van der Waals surface area contributed by atoms with Crippen LogP contribution in [0.15, 0.2) is 24.3 Å². The fourth-order valence-corrected chi connectivity index (χ4v) is 2.90. The number of para-hydroxylation sites is 1. The molecule has 0 aromatic heterocycles. The predicted octanol–water partition coefficient (Wildman–Crippen LogP) is 1.91. The molecule has 0 radical (unpaired) electrons. The Morgan fingerprint density at radius 1 is 1.41 bits per heavy atom. The third-order valence-electron chi connectivity index (χ3n) is 3.70. The molecule has 0 saturated carbocycles. The van der Waals surface area contributed by atoms with Crippen LogP contribution in [0, 0.1) is 5.92 Å². The summed E-state index contributed by atoms with van der Waals surface area (Å²) < 4.78 is 5.49. The molecule has 0 amide bonds. The van der Waals surface area contributed by atoms with E-state index in [0.717, 1.165) is 18.8 Å². The Labute approximate surface area is 104 Å². The van der Waals surface area contributed by atoms with Crippen molar-refractivity contribution in [2.75, 3.05) is 34.3 Å². The van der Waals surface area contributed by atoms with Crippen LogP contribution in [0.2, 0.25) is 0 Å². The van der Waals surface area contributed by atoms with E-state index in [1.165, 1.54) is 12.0 Å². The van der Waals surface area contributed by atoms with Crippen LogP contribution in [0.1, 0.15) is 18.0 Å². The Hall–Kier alpha value is -1.06. The molecule has 1 fully saturated rings. The Morgan fingerprint density at radius 3 is 2.88 bits per heavy atom. The van der Waals surface area contributed by atoms with Gasteiger partial charge in [0.25, 0.3) is 0 Å². The lowest BCUT2D eigenvalue weighted by Crippen LogP contribution is -2.27. The van der Waals surface area contributed by atoms with Gasteiger partial charge in [-0.2, -0.15) is 0 Å². The average Bonchev–Trinajstić information content (AvgIpc) is 2.71. The normalized spacial score (nSPS) is 25.1. The quantitative estimate of drug-likeness (QED) is 0.861. The van der Waals surface area contributed by atoms with Crippen molar-refractivity contribution in [3.63, 3.8) is 0 Å². The van der Waals surface area contributed by atoms with Gasteiger partial charge in [0.05, 0.1) is 7.11 Å². The second-order valence-corrected chi connectivity index (χ2v) is 4.77. The molecular weight excluding hydrogens is 212 g/mol. The zero-order valence-corrected chi connectivity index (χ0v) is 10.9. The number of hydrogen-bond acceptors (Lipinski definition) is 3. The first-order chi connectivity index (χ1) is 8.27. The molecule has 1 aromatic carbocycles. The van der Waals surface area contributed by atoms with Crippen molar-refractivity contribution < 1.29 is 4.74 Å². The fraction of sp³-hybridized carbons (Fsp3) is 0.571. The highest BCUT2D eigenvalue weighted by Crippen LogP contribution is 2.39. The Kier molecular flexibility index (Phi) is 4.02. The van der Waals surface area contributed by atoms with Gasteiger partial charge >= 0.3 is 0 Å². The second-order valence-electron chi connectivity index (χ2n) is 4.77. The maximum atomic E-state index is 5.49. The summed E-state index contributed by atoms with van der Waals surface area (Å²) in [5.41, 5.74) is 1.32. The fourth-order valence-electron chi connectivity index (χ4n) is 2.90. The summed E-state index contributed by atoms with van der Waals surface area (Å²) >= 11 is 0. The molecule has 1 aromatic rings. The summed E-state index contributed by atoms with van der Waals surface area (Å²) in [4.78, 5) is 2.43. The van der Waals surface area contributed by atoms with Gasteiger partial charge in [-0.25, -0.2) is 0 Å². The van der Waals surface area contributed by atoms with Gasteiger partial charge in [-0.3, -0.25) is 4.90 Å². The molecule has 2 rings (SSSR count). The van der Waals surface area contributed by atoms with E-state index in [-0.39, 0.29) is 0 Å². The van der Waals surface area contributed by atoms with Gasteiger partial charge in [-0.05, 0) is 45.6 Å². The number of rotatable bonds is 4. The molecular formula is C14H22N2O. The first-order valence-electron chi connectivity index (χ1n) is 6.25. The lowest BCUT2D eigenvalue weighted by molar-refractivity contribution is 0.265. The van der Waals surface area contributed by atoms with Gasteiger partial charge in [-0.1, -0.05) is 18.2 Å². The summed E-state index contributed by atoms with van der Waals surface area (Å²) in [6, 6.07) is 8.84. The number of nitrogens with one attached hydrogen (secondary N) is 1. The molecule has 0 bridgehead atoms. The van der Waals surface area contributed by atoms with Crippen LogP contribution in [-0.4, -0.2) is 39.2 Å². The monoisotopic (exact) mass is 234 g/mol. The van der Waals surface area contributed by atoms with Crippen molar-refractivity contribution >= 4 is 0 Å². The highest BCUT2D eigenvalue weighted by Gasteiger charge is 2.33. The van der Waals surface area contributed by atoms with E-state index in [9.17, 15) is 0 Å². The van der Waals surface area contributed by atoms with Crippen molar-refractivity contribution in [1.82, 2.24) is 10.2 Å². The van der Waals surface area contributed by atoms with Gasteiger partial charge in [-0.15, -0.1) is 0 Å². The van der Waals surface area contributed by atoms with Crippen LogP contribution in [0.4, 0.5) is 0 Å². The van der Waals surface area contributed by atoms with Gasteiger partial charge in [0.2, 0.25) is 0 Å². The zero-order chi connectivity index (χ0) is 12.3. The topological polar surface area (TPSA) is 24.5 Å². The molecule has 2 atom stereocenters. The molecule has 0 aliphatic carbocycles. The maximum absolute atomic E-state index is 5.49. The van der Waals surface area contributed by atoms with Crippen LogP contribution in [0.25, 0.3) is 0 Å². The first kappa shape index (κ1) is 12.4. The van der Waals surface area contributed by atoms with E-state index in [1.807, 2.05) is 13.1 Å². The van der Waals surface area contributed by atoms with Crippen molar-refractivity contribution in [3.8, 4) is 5.75 Å². The van der Waals surface area contributed by atoms with E-state index in [1.54, 1.807) is 7.11 Å². The lowest BCUT2D eigenvalue weighted by atomic mass is 9.93. The molecule has 3 nitrogen and oxygen atoms in total.